The van der Waals surface area contributed by atoms with Gasteiger partial charge in [-0.25, -0.2) is 4.98 Å². The van der Waals surface area contributed by atoms with Crippen molar-refractivity contribution in [3.63, 3.8) is 0 Å². The van der Waals surface area contributed by atoms with E-state index in [1.807, 2.05) is 13.8 Å². The van der Waals surface area contributed by atoms with Crippen LogP contribution in [0.5, 0.6) is 5.88 Å². The third-order valence-corrected chi connectivity index (χ3v) is 1.70. The second kappa shape index (κ2) is 5.20. The van der Waals surface area contributed by atoms with Crippen molar-refractivity contribution in [3.05, 3.63) is 11.9 Å². The summed E-state index contributed by atoms with van der Waals surface area (Å²) in [5, 5.41) is 3.10. The van der Waals surface area contributed by atoms with E-state index in [9.17, 15) is 0 Å². The monoisotopic (exact) mass is 205 g/mol. The van der Waals surface area contributed by atoms with Gasteiger partial charge in [0.05, 0.1) is 0 Å². The number of terminal acetylenes is 1. The maximum atomic E-state index is 5.40. The van der Waals surface area contributed by atoms with Crippen molar-refractivity contribution in [2.75, 3.05) is 11.9 Å². The molecule has 1 aromatic rings. The van der Waals surface area contributed by atoms with Gasteiger partial charge in [0.1, 0.15) is 11.6 Å². The van der Waals surface area contributed by atoms with E-state index in [1.165, 1.54) is 0 Å². The zero-order valence-corrected chi connectivity index (χ0v) is 9.24. The molecule has 1 rings (SSSR count). The van der Waals surface area contributed by atoms with Crippen molar-refractivity contribution in [2.24, 2.45) is 0 Å². The fourth-order valence-electron chi connectivity index (χ4n) is 1.09. The lowest BCUT2D eigenvalue weighted by Crippen LogP contribution is -2.11. The molecule has 0 aliphatic carbocycles. The number of rotatable bonds is 4. The molecule has 0 spiro atoms. The highest BCUT2D eigenvalue weighted by Crippen LogP contribution is 2.14. The average Bonchev–Trinajstić information content (AvgIpc) is 2.17. The molecule has 80 valence electrons. The summed E-state index contributed by atoms with van der Waals surface area (Å²) in [4.78, 5) is 8.34. The van der Waals surface area contributed by atoms with Crippen molar-refractivity contribution < 1.29 is 4.74 Å². The molecule has 0 aromatic carbocycles. The van der Waals surface area contributed by atoms with Crippen LogP contribution in [0.1, 0.15) is 19.7 Å². The molecule has 4 nitrogen and oxygen atoms in total. The number of hydrogen-bond acceptors (Lipinski definition) is 4. The Kier molecular flexibility index (Phi) is 3.92. The molecular formula is C11H15N3O. The summed E-state index contributed by atoms with van der Waals surface area (Å²) in [6.07, 6.45) is 4.94. The van der Waals surface area contributed by atoms with Crippen molar-refractivity contribution >= 4 is 5.82 Å². The fourth-order valence-corrected chi connectivity index (χ4v) is 1.09. The number of nitrogens with one attached hydrogen (secondary N) is 1. The number of nitrogens with zero attached hydrogens (tertiary/aromatic N) is 2. The number of anilines is 1. The molecule has 0 fully saturated rings. The quantitative estimate of drug-likeness (QED) is 0.759. The van der Waals surface area contributed by atoms with Gasteiger partial charge in [-0.05, 0) is 20.8 Å². The Morgan fingerprint density at radius 3 is 2.93 bits per heavy atom. The Balaban J connectivity index is 2.84. The van der Waals surface area contributed by atoms with E-state index < -0.39 is 0 Å². The van der Waals surface area contributed by atoms with Gasteiger partial charge in [0.15, 0.2) is 6.10 Å². The van der Waals surface area contributed by atoms with Crippen LogP contribution in [0.15, 0.2) is 6.07 Å². The van der Waals surface area contributed by atoms with E-state index in [0.29, 0.717) is 11.7 Å². The summed E-state index contributed by atoms with van der Waals surface area (Å²) in [5.41, 5.74) is 0. The predicted octanol–water partition coefficient (Wildman–Crippen LogP) is 1.62. The van der Waals surface area contributed by atoms with Crippen LogP contribution >= 0.6 is 0 Å². The molecule has 0 saturated carbocycles. The van der Waals surface area contributed by atoms with E-state index in [0.717, 1.165) is 12.4 Å². The van der Waals surface area contributed by atoms with Crippen molar-refractivity contribution in [3.8, 4) is 18.2 Å². The first kappa shape index (κ1) is 11.3. The molecule has 0 radical (unpaired) electrons. The molecule has 1 atom stereocenters. The largest absolute Gasteiger partial charge is 0.461 e. The van der Waals surface area contributed by atoms with Gasteiger partial charge in [-0.2, -0.15) is 4.98 Å². The topological polar surface area (TPSA) is 47.0 Å². The molecule has 0 saturated heterocycles. The van der Waals surface area contributed by atoms with Crippen LogP contribution in [0.3, 0.4) is 0 Å². The molecule has 0 aliphatic rings. The minimum absolute atomic E-state index is 0.284. The normalized spacial score (nSPS) is 11.6. The van der Waals surface area contributed by atoms with E-state index >= 15 is 0 Å². The third kappa shape index (κ3) is 3.47. The van der Waals surface area contributed by atoms with Crippen LogP contribution in [0.4, 0.5) is 5.82 Å². The number of aryl methyl sites for hydroxylation is 1. The van der Waals surface area contributed by atoms with Gasteiger partial charge in [0.2, 0.25) is 5.88 Å². The standard InChI is InChI=1S/C11H15N3O/c1-5-8(3)15-11-7-10(12-6-2)13-9(4)14-11/h1,7-8H,6H2,2-4H3,(H,12,13,14). The van der Waals surface area contributed by atoms with Gasteiger partial charge in [0, 0.05) is 12.6 Å². The van der Waals surface area contributed by atoms with Crippen LogP contribution in [0.2, 0.25) is 0 Å². The molecule has 0 bridgehead atoms. The molecule has 0 amide bonds. The SMILES string of the molecule is C#CC(C)Oc1cc(NCC)nc(C)n1. The fraction of sp³-hybridized carbons (Fsp3) is 0.455. The summed E-state index contributed by atoms with van der Waals surface area (Å²) >= 11 is 0. The zero-order chi connectivity index (χ0) is 11.3. The molecule has 1 unspecified atom stereocenters. The molecule has 4 heteroatoms. The minimum atomic E-state index is -0.284. The molecule has 15 heavy (non-hydrogen) atoms. The Morgan fingerprint density at radius 1 is 1.60 bits per heavy atom. The van der Waals surface area contributed by atoms with E-state index in [1.54, 1.807) is 13.0 Å². The molecule has 0 aliphatic heterocycles. The van der Waals surface area contributed by atoms with Crippen molar-refractivity contribution in [1.82, 2.24) is 9.97 Å². The van der Waals surface area contributed by atoms with Gasteiger partial charge in [-0.15, -0.1) is 6.42 Å². The Labute approximate surface area is 90.1 Å². The Bertz CT molecular complexity index is 371. The minimum Gasteiger partial charge on any atom is -0.461 e. The van der Waals surface area contributed by atoms with Crippen LogP contribution in [-0.4, -0.2) is 22.6 Å². The number of ether oxygens (including phenoxy) is 1. The lowest BCUT2D eigenvalue weighted by Gasteiger charge is -2.10. The second-order valence-electron chi connectivity index (χ2n) is 3.10. The second-order valence-corrected chi connectivity index (χ2v) is 3.10. The molecule has 1 N–H and O–H groups in total. The predicted molar refractivity (Wildman–Crippen MR) is 59.9 cm³/mol. The molecule has 1 heterocycles. The first-order valence-electron chi connectivity index (χ1n) is 4.88. The highest BCUT2D eigenvalue weighted by atomic mass is 16.5. The van der Waals surface area contributed by atoms with E-state index in [4.69, 9.17) is 11.2 Å². The van der Waals surface area contributed by atoms with Crippen molar-refractivity contribution in [1.29, 1.82) is 0 Å². The van der Waals surface area contributed by atoms with Gasteiger partial charge in [-0.3, -0.25) is 0 Å². The lowest BCUT2D eigenvalue weighted by molar-refractivity contribution is 0.267. The number of aromatic nitrogens is 2. The molecular weight excluding hydrogens is 190 g/mol. The van der Waals surface area contributed by atoms with Crippen LogP contribution < -0.4 is 10.1 Å². The summed E-state index contributed by atoms with van der Waals surface area (Å²) in [7, 11) is 0. The summed E-state index contributed by atoms with van der Waals surface area (Å²) < 4.78 is 5.40. The Hall–Kier alpha value is -1.76. The highest BCUT2D eigenvalue weighted by Gasteiger charge is 2.04. The van der Waals surface area contributed by atoms with E-state index in [2.05, 4.69) is 21.2 Å². The van der Waals surface area contributed by atoms with Gasteiger partial charge >= 0.3 is 0 Å². The van der Waals surface area contributed by atoms with Gasteiger partial charge < -0.3 is 10.1 Å². The smallest absolute Gasteiger partial charge is 0.219 e. The average molecular weight is 205 g/mol. The molecule has 1 aromatic heterocycles. The first-order valence-corrected chi connectivity index (χ1v) is 4.88. The van der Waals surface area contributed by atoms with Crippen LogP contribution in [-0.2, 0) is 0 Å². The maximum Gasteiger partial charge on any atom is 0.219 e. The summed E-state index contributed by atoms with van der Waals surface area (Å²) in [6.45, 7) is 6.42. The van der Waals surface area contributed by atoms with Crippen molar-refractivity contribution in [2.45, 2.75) is 26.9 Å². The maximum absolute atomic E-state index is 5.40. The van der Waals surface area contributed by atoms with Crippen LogP contribution in [0, 0.1) is 19.3 Å². The highest BCUT2D eigenvalue weighted by molar-refractivity contribution is 5.38. The third-order valence-electron chi connectivity index (χ3n) is 1.70. The zero-order valence-electron chi connectivity index (χ0n) is 9.24. The Morgan fingerprint density at radius 2 is 2.33 bits per heavy atom. The van der Waals surface area contributed by atoms with Crippen LogP contribution in [0.25, 0.3) is 0 Å². The van der Waals surface area contributed by atoms with E-state index in [-0.39, 0.29) is 6.10 Å². The summed E-state index contributed by atoms with van der Waals surface area (Å²) in [5.74, 6) is 4.40. The summed E-state index contributed by atoms with van der Waals surface area (Å²) in [6, 6.07) is 1.74. The lowest BCUT2D eigenvalue weighted by atomic mass is 10.4. The number of hydrogen-bond donors (Lipinski definition) is 1. The first-order chi connectivity index (χ1) is 7.15. The van der Waals surface area contributed by atoms with Gasteiger partial charge in [-0.1, -0.05) is 5.92 Å². The van der Waals surface area contributed by atoms with Gasteiger partial charge in [0.25, 0.3) is 0 Å².